The van der Waals surface area contributed by atoms with Crippen molar-refractivity contribution in [3.8, 4) is 0 Å². The SMILES string of the molecule is CCC(CCBr)NC(=O)CCc1ccccc1. The van der Waals surface area contributed by atoms with Crippen LogP contribution in [0.25, 0.3) is 0 Å². The number of hydrogen-bond acceptors (Lipinski definition) is 1. The van der Waals surface area contributed by atoms with E-state index in [-0.39, 0.29) is 5.91 Å². The minimum absolute atomic E-state index is 0.154. The number of carbonyl (C=O) groups excluding carboxylic acids is 1. The minimum atomic E-state index is 0.154. The van der Waals surface area contributed by atoms with E-state index in [2.05, 4.69) is 40.3 Å². The molecule has 94 valence electrons. The Hall–Kier alpha value is -0.830. The van der Waals surface area contributed by atoms with Gasteiger partial charge in [-0.15, -0.1) is 0 Å². The normalized spacial score (nSPS) is 12.1. The second-order valence-electron chi connectivity index (χ2n) is 4.14. The molecule has 0 saturated heterocycles. The van der Waals surface area contributed by atoms with Gasteiger partial charge in [-0.25, -0.2) is 0 Å². The summed E-state index contributed by atoms with van der Waals surface area (Å²) in [4.78, 5) is 11.7. The van der Waals surface area contributed by atoms with Crippen LogP contribution in [0, 0.1) is 0 Å². The molecule has 3 heteroatoms. The average molecular weight is 298 g/mol. The van der Waals surface area contributed by atoms with Crippen molar-refractivity contribution >= 4 is 21.8 Å². The molecule has 0 aromatic heterocycles. The maximum Gasteiger partial charge on any atom is 0.220 e. The Kier molecular flexibility index (Phi) is 6.94. The highest BCUT2D eigenvalue weighted by atomic mass is 79.9. The predicted molar refractivity (Wildman–Crippen MR) is 75.4 cm³/mol. The van der Waals surface area contributed by atoms with Gasteiger partial charge >= 0.3 is 0 Å². The van der Waals surface area contributed by atoms with E-state index in [4.69, 9.17) is 0 Å². The molecular formula is C14H20BrNO. The van der Waals surface area contributed by atoms with Crippen LogP contribution in [0.5, 0.6) is 0 Å². The number of alkyl halides is 1. The first kappa shape index (κ1) is 14.2. The van der Waals surface area contributed by atoms with Gasteiger partial charge in [0.15, 0.2) is 0 Å². The highest BCUT2D eigenvalue weighted by Gasteiger charge is 2.09. The van der Waals surface area contributed by atoms with Crippen molar-refractivity contribution in [1.29, 1.82) is 0 Å². The third-order valence-corrected chi connectivity index (χ3v) is 3.26. The number of carbonyl (C=O) groups is 1. The molecule has 1 amide bonds. The second kappa shape index (κ2) is 8.29. The molecule has 0 fully saturated rings. The van der Waals surface area contributed by atoms with Crippen molar-refractivity contribution in [2.24, 2.45) is 0 Å². The molecule has 1 atom stereocenters. The highest BCUT2D eigenvalue weighted by Crippen LogP contribution is 2.04. The molecule has 0 aliphatic carbocycles. The molecule has 0 radical (unpaired) electrons. The molecule has 1 aromatic rings. The van der Waals surface area contributed by atoms with Crippen molar-refractivity contribution in [3.63, 3.8) is 0 Å². The Morgan fingerprint density at radius 1 is 1.35 bits per heavy atom. The molecule has 17 heavy (non-hydrogen) atoms. The summed E-state index contributed by atoms with van der Waals surface area (Å²) in [5.74, 6) is 0.154. The maximum absolute atomic E-state index is 11.7. The molecular weight excluding hydrogens is 278 g/mol. The van der Waals surface area contributed by atoms with Gasteiger partial charge in [0.25, 0.3) is 0 Å². The van der Waals surface area contributed by atoms with Crippen LogP contribution in [-0.4, -0.2) is 17.3 Å². The summed E-state index contributed by atoms with van der Waals surface area (Å²) in [5.41, 5.74) is 1.22. The summed E-state index contributed by atoms with van der Waals surface area (Å²) in [6.07, 6.45) is 3.37. The molecule has 0 spiro atoms. The lowest BCUT2D eigenvalue weighted by molar-refractivity contribution is -0.121. The van der Waals surface area contributed by atoms with E-state index in [0.29, 0.717) is 12.5 Å². The number of rotatable bonds is 7. The van der Waals surface area contributed by atoms with E-state index < -0.39 is 0 Å². The van der Waals surface area contributed by atoms with E-state index in [9.17, 15) is 4.79 Å². The van der Waals surface area contributed by atoms with Crippen LogP contribution in [0.1, 0.15) is 31.7 Å². The molecule has 2 nitrogen and oxygen atoms in total. The van der Waals surface area contributed by atoms with Gasteiger partial charge in [-0.05, 0) is 24.8 Å². The van der Waals surface area contributed by atoms with Crippen LogP contribution in [0.2, 0.25) is 0 Å². The summed E-state index contributed by atoms with van der Waals surface area (Å²) >= 11 is 3.41. The lowest BCUT2D eigenvalue weighted by Gasteiger charge is -2.15. The summed E-state index contributed by atoms with van der Waals surface area (Å²) in [5, 5.41) is 4.00. The fourth-order valence-corrected chi connectivity index (χ4v) is 2.27. The maximum atomic E-state index is 11.7. The molecule has 1 rings (SSSR count). The van der Waals surface area contributed by atoms with Gasteiger partial charge in [-0.3, -0.25) is 4.79 Å². The summed E-state index contributed by atoms with van der Waals surface area (Å²) in [6.45, 7) is 2.10. The Morgan fingerprint density at radius 3 is 2.65 bits per heavy atom. The number of halogens is 1. The lowest BCUT2D eigenvalue weighted by atomic mass is 10.1. The zero-order valence-corrected chi connectivity index (χ0v) is 11.9. The van der Waals surface area contributed by atoms with E-state index >= 15 is 0 Å². The standard InChI is InChI=1S/C14H20BrNO/c1-2-13(10-11-15)16-14(17)9-8-12-6-4-3-5-7-12/h3-7,13H,2,8-11H2,1H3,(H,16,17). The van der Waals surface area contributed by atoms with E-state index in [1.807, 2.05) is 18.2 Å². The first-order valence-electron chi connectivity index (χ1n) is 6.15. The lowest BCUT2D eigenvalue weighted by Crippen LogP contribution is -2.34. The topological polar surface area (TPSA) is 29.1 Å². The molecule has 0 aliphatic rings. The van der Waals surface area contributed by atoms with Gasteiger partial charge in [0.2, 0.25) is 5.91 Å². The molecule has 1 unspecified atom stereocenters. The monoisotopic (exact) mass is 297 g/mol. The fourth-order valence-electron chi connectivity index (χ4n) is 1.71. The first-order chi connectivity index (χ1) is 8.26. The van der Waals surface area contributed by atoms with Gasteiger partial charge in [-0.2, -0.15) is 0 Å². The van der Waals surface area contributed by atoms with Crippen molar-refractivity contribution in [2.45, 2.75) is 38.6 Å². The van der Waals surface area contributed by atoms with Crippen LogP contribution in [-0.2, 0) is 11.2 Å². The number of aryl methyl sites for hydroxylation is 1. The predicted octanol–water partition coefficient (Wildman–Crippen LogP) is 3.30. The molecule has 1 N–H and O–H groups in total. The number of hydrogen-bond donors (Lipinski definition) is 1. The van der Waals surface area contributed by atoms with Crippen LogP contribution in [0.4, 0.5) is 0 Å². The molecule has 0 saturated carbocycles. The Labute approximate surface area is 112 Å². The summed E-state index contributed by atoms with van der Waals surface area (Å²) in [7, 11) is 0. The largest absolute Gasteiger partial charge is 0.353 e. The van der Waals surface area contributed by atoms with Gasteiger partial charge in [0.05, 0.1) is 0 Å². The minimum Gasteiger partial charge on any atom is -0.353 e. The van der Waals surface area contributed by atoms with Gasteiger partial charge in [-0.1, -0.05) is 53.2 Å². The zero-order valence-electron chi connectivity index (χ0n) is 10.3. The van der Waals surface area contributed by atoms with Crippen LogP contribution >= 0.6 is 15.9 Å². The number of amides is 1. The van der Waals surface area contributed by atoms with Crippen molar-refractivity contribution in [2.75, 3.05) is 5.33 Å². The number of benzene rings is 1. The second-order valence-corrected chi connectivity index (χ2v) is 4.93. The average Bonchev–Trinajstić information content (AvgIpc) is 2.37. The smallest absolute Gasteiger partial charge is 0.220 e. The molecule has 1 aromatic carbocycles. The number of nitrogens with one attached hydrogen (secondary N) is 1. The van der Waals surface area contributed by atoms with Crippen LogP contribution in [0.15, 0.2) is 30.3 Å². The summed E-state index contributed by atoms with van der Waals surface area (Å²) < 4.78 is 0. The Bertz CT molecular complexity index is 326. The Morgan fingerprint density at radius 2 is 2.06 bits per heavy atom. The van der Waals surface area contributed by atoms with Crippen molar-refractivity contribution in [1.82, 2.24) is 5.32 Å². The van der Waals surface area contributed by atoms with Crippen LogP contribution < -0.4 is 5.32 Å². The quantitative estimate of drug-likeness (QED) is 0.769. The van der Waals surface area contributed by atoms with E-state index in [0.717, 1.165) is 24.6 Å². The van der Waals surface area contributed by atoms with Crippen LogP contribution in [0.3, 0.4) is 0 Å². The molecule has 0 bridgehead atoms. The fraction of sp³-hybridized carbons (Fsp3) is 0.500. The van der Waals surface area contributed by atoms with Gasteiger partial charge in [0.1, 0.15) is 0 Å². The van der Waals surface area contributed by atoms with Crippen molar-refractivity contribution < 1.29 is 4.79 Å². The third-order valence-electron chi connectivity index (χ3n) is 2.80. The first-order valence-corrected chi connectivity index (χ1v) is 7.27. The van der Waals surface area contributed by atoms with Crippen molar-refractivity contribution in [3.05, 3.63) is 35.9 Å². The summed E-state index contributed by atoms with van der Waals surface area (Å²) in [6, 6.07) is 10.4. The van der Waals surface area contributed by atoms with E-state index in [1.165, 1.54) is 5.56 Å². The molecule has 0 aliphatic heterocycles. The van der Waals surface area contributed by atoms with E-state index in [1.54, 1.807) is 0 Å². The van der Waals surface area contributed by atoms with Gasteiger partial charge in [0, 0.05) is 17.8 Å². The highest BCUT2D eigenvalue weighted by molar-refractivity contribution is 9.09. The zero-order chi connectivity index (χ0) is 12.5. The van der Waals surface area contributed by atoms with Gasteiger partial charge < -0.3 is 5.32 Å². The Balaban J connectivity index is 2.30. The third kappa shape index (κ3) is 5.87. The molecule has 0 heterocycles.